The molecule has 0 aliphatic carbocycles. The minimum Gasteiger partial charge on any atom is -0.495 e. The van der Waals surface area contributed by atoms with Crippen LogP contribution < -0.4 is 10.1 Å². The molecule has 1 N–H and O–H groups in total. The Hall–Kier alpha value is -2.27. The average Bonchev–Trinajstić information content (AvgIpc) is 3.18. The van der Waals surface area contributed by atoms with Gasteiger partial charge in [0.15, 0.2) is 0 Å². The van der Waals surface area contributed by atoms with Gasteiger partial charge in [0.05, 0.1) is 31.6 Å². The smallest absolute Gasteiger partial charge is 0.238 e. The Morgan fingerprint density at radius 2 is 2.23 bits per heavy atom. The molecule has 1 fully saturated rings. The van der Waals surface area contributed by atoms with Gasteiger partial charge in [-0.25, -0.2) is 0 Å². The van der Waals surface area contributed by atoms with E-state index in [1.54, 1.807) is 13.4 Å². The molecule has 1 aromatic heterocycles. The van der Waals surface area contributed by atoms with Crippen molar-refractivity contribution in [3.63, 3.8) is 0 Å². The van der Waals surface area contributed by atoms with Crippen LogP contribution in [0.1, 0.15) is 24.6 Å². The monoisotopic (exact) mass is 300 g/mol. The molecule has 1 aliphatic rings. The van der Waals surface area contributed by atoms with Crippen LogP contribution in [0.2, 0.25) is 0 Å². The van der Waals surface area contributed by atoms with Crippen molar-refractivity contribution in [2.45, 2.75) is 18.9 Å². The van der Waals surface area contributed by atoms with Gasteiger partial charge in [0.1, 0.15) is 11.5 Å². The minimum absolute atomic E-state index is 0.0389. The number of hydrogen-bond donors (Lipinski definition) is 1. The van der Waals surface area contributed by atoms with Crippen molar-refractivity contribution in [2.75, 3.05) is 25.5 Å². The van der Waals surface area contributed by atoms with Crippen molar-refractivity contribution in [3.8, 4) is 5.75 Å². The molecular formula is C17H20N2O3. The van der Waals surface area contributed by atoms with Gasteiger partial charge in [-0.15, -0.1) is 0 Å². The Labute approximate surface area is 129 Å². The van der Waals surface area contributed by atoms with Gasteiger partial charge in [-0.1, -0.05) is 12.1 Å². The lowest BCUT2D eigenvalue weighted by Crippen LogP contribution is -2.32. The summed E-state index contributed by atoms with van der Waals surface area (Å²) in [7, 11) is 1.60. The highest BCUT2D eigenvalue weighted by atomic mass is 16.5. The molecule has 0 radical (unpaired) electrons. The Kier molecular flexibility index (Phi) is 4.44. The van der Waals surface area contributed by atoms with E-state index in [9.17, 15) is 4.79 Å². The van der Waals surface area contributed by atoms with Gasteiger partial charge in [0, 0.05) is 0 Å². The number of carbonyl (C=O) groups is 1. The van der Waals surface area contributed by atoms with Gasteiger partial charge in [0.25, 0.3) is 0 Å². The van der Waals surface area contributed by atoms with Crippen LogP contribution >= 0.6 is 0 Å². The fourth-order valence-electron chi connectivity index (χ4n) is 2.94. The molecule has 2 heterocycles. The largest absolute Gasteiger partial charge is 0.495 e. The number of nitrogens with one attached hydrogen (secondary N) is 1. The van der Waals surface area contributed by atoms with Crippen molar-refractivity contribution < 1.29 is 13.9 Å². The van der Waals surface area contributed by atoms with E-state index < -0.39 is 0 Å². The van der Waals surface area contributed by atoms with Crippen LogP contribution in [0, 0.1) is 0 Å². The maximum absolute atomic E-state index is 12.3. The predicted octanol–water partition coefficient (Wildman–Crippen LogP) is 3.06. The zero-order chi connectivity index (χ0) is 15.4. The summed E-state index contributed by atoms with van der Waals surface area (Å²) in [4.78, 5) is 14.5. The number of amides is 1. The number of rotatable bonds is 5. The number of ether oxygens (including phenoxy) is 1. The highest BCUT2D eigenvalue weighted by Gasteiger charge is 2.29. The predicted molar refractivity (Wildman–Crippen MR) is 83.9 cm³/mol. The van der Waals surface area contributed by atoms with Crippen molar-refractivity contribution >= 4 is 11.6 Å². The molecule has 3 rings (SSSR count). The van der Waals surface area contributed by atoms with Crippen molar-refractivity contribution in [3.05, 3.63) is 48.4 Å². The van der Waals surface area contributed by atoms with Gasteiger partial charge in [-0.3, -0.25) is 9.69 Å². The molecule has 0 spiro atoms. The van der Waals surface area contributed by atoms with E-state index >= 15 is 0 Å². The Balaban J connectivity index is 1.64. The van der Waals surface area contributed by atoms with Gasteiger partial charge < -0.3 is 14.5 Å². The maximum atomic E-state index is 12.3. The van der Waals surface area contributed by atoms with Crippen molar-refractivity contribution in [2.24, 2.45) is 0 Å². The molecule has 116 valence electrons. The van der Waals surface area contributed by atoms with E-state index in [-0.39, 0.29) is 11.9 Å². The molecule has 0 unspecified atom stereocenters. The molecular weight excluding hydrogens is 280 g/mol. The summed E-state index contributed by atoms with van der Waals surface area (Å²) in [5, 5.41) is 2.92. The van der Waals surface area contributed by atoms with E-state index in [0.717, 1.165) is 25.1 Å². The molecule has 5 nitrogen and oxygen atoms in total. The molecule has 0 bridgehead atoms. The second kappa shape index (κ2) is 6.66. The highest BCUT2D eigenvalue weighted by Crippen LogP contribution is 2.32. The van der Waals surface area contributed by atoms with E-state index in [1.807, 2.05) is 36.4 Å². The third-order valence-corrected chi connectivity index (χ3v) is 3.96. The maximum Gasteiger partial charge on any atom is 0.238 e. The van der Waals surface area contributed by atoms with Gasteiger partial charge in [0.2, 0.25) is 5.91 Å². The molecule has 1 saturated heterocycles. The van der Waals surface area contributed by atoms with Gasteiger partial charge in [-0.05, 0) is 43.7 Å². The number of benzene rings is 1. The quantitative estimate of drug-likeness (QED) is 0.922. The van der Waals surface area contributed by atoms with Crippen molar-refractivity contribution in [1.82, 2.24) is 4.90 Å². The average molecular weight is 300 g/mol. The van der Waals surface area contributed by atoms with Crippen LogP contribution in [-0.4, -0.2) is 31.0 Å². The summed E-state index contributed by atoms with van der Waals surface area (Å²) < 4.78 is 10.7. The number of para-hydroxylation sites is 2. The number of likely N-dealkylation sites (tertiary alicyclic amines) is 1. The van der Waals surface area contributed by atoms with Crippen LogP contribution in [0.4, 0.5) is 5.69 Å². The van der Waals surface area contributed by atoms with Crippen LogP contribution in [0.15, 0.2) is 47.1 Å². The summed E-state index contributed by atoms with van der Waals surface area (Å²) in [5.41, 5.74) is 0.698. The van der Waals surface area contributed by atoms with Crippen molar-refractivity contribution in [1.29, 1.82) is 0 Å². The lowest BCUT2D eigenvalue weighted by Gasteiger charge is -2.22. The SMILES string of the molecule is COc1ccccc1NC(=O)CN1CCC[C@@H]1c1ccco1. The summed E-state index contributed by atoms with van der Waals surface area (Å²) in [6.07, 6.45) is 3.78. The first-order valence-electron chi connectivity index (χ1n) is 7.48. The molecule has 5 heteroatoms. The van der Waals surface area contributed by atoms with Gasteiger partial charge in [-0.2, -0.15) is 0 Å². The lowest BCUT2D eigenvalue weighted by molar-refractivity contribution is -0.117. The van der Waals surface area contributed by atoms with Crippen LogP contribution in [0.25, 0.3) is 0 Å². The van der Waals surface area contributed by atoms with Crippen LogP contribution in [-0.2, 0) is 4.79 Å². The summed E-state index contributed by atoms with van der Waals surface area (Å²) in [6, 6.07) is 11.5. The normalized spacial score (nSPS) is 18.3. The molecule has 2 aromatic rings. The zero-order valence-electron chi connectivity index (χ0n) is 12.6. The Morgan fingerprint density at radius 1 is 1.36 bits per heavy atom. The molecule has 0 saturated carbocycles. The number of furan rings is 1. The topological polar surface area (TPSA) is 54.7 Å². The summed E-state index contributed by atoms with van der Waals surface area (Å²) in [6.45, 7) is 1.26. The number of carbonyl (C=O) groups excluding carboxylic acids is 1. The van der Waals surface area contributed by atoms with Crippen LogP contribution in [0.5, 0.6) is 5.75 Å². The first-order chi connectivity index (χ1) is 10.8. The summed E-state index contributed by atoms with van der Waals surface area (Å²) >= 11 is 0. The molecule has 1 aromatic carbocycles. The number of methoxy groups -OCH3 is 1. The van der Waals surface area contributed by atoms with Gasteiger partial charge >= 0.3 is 0 Å². The number of nitrogens with zero attached hydrogens (tertiary/aromatic N) is 1. The summed E-state index contributed by atoms with van der Waals surface area (Å²) in [5.74, 6) is 1.56. The Morgan fingerprint density at radius 3 is 3.00 bits per heavy atom. The van der Waals surface area contributed by atoms with E-state index in [2.05, 4.69) is 10.2 Å². The standard InChI is InChI=1S/C17H20N2O3/c1-21-15-8-3-2-6-13(15)18-17(20)12-19-10-4-7-14(19)16-9-5-11-22-16/h2-3,5-6,8-9,11,14H,4,7,10,12H2,1H3,(H,18,20)/t14-/m1/s1. The van der Waals surface area contributed by atoms with E-state index in [0.29, 0.717) is 18.0 Å². The Bertz CT molecular complexity index is 625. The van der Waals surface area contributed by atoms with E-state index in [4.69, 9.17) is 9.15 Å². The third kappa shape index (κ3) is 3.14. The first kappa shape index (κ1) is 14.7. The molecule has 1 atom stereocenters. The fourth-order valence-corrected chi connectivity index (χ4v) is 2.94. The minimum atomic E-state index is -0.0389. The van der Waals surface area contributed by atoms with Crippen LogP contribution in [0.3, 0.4) is 0 Å². The second-order valence-electron chi connectivity index (χ2n) is 5.39. The molecule has 1 aliphatic heterocycles. The first-order valence-corrected chi connectivity index (χ1v) is 7.48. The number of hydrogen-bond acceptors (Lipinski definition) is 4. The molecule has 22 heavy (non-hydrogen) atoms. The highest BCUT2D eigenvalue weighted by molar-refractivity contribution is 5.93. The zero-order valence-corrected chi connectivity index (χ0v) is 12.6. The lowest BCUT2D eigenvalue weighted by atomic mass is 10.1. The fraction of sp³-hybridized carbons (Fsp3) is 0.353. The second-order valence-corrected chi connectivity index (χ2v) is 5.39. The number of anilines is 1. The third-order valence-electron chi connectivity index (χ3n) is 3.96. The van der Waals surface area contributed by atoms with E-state index in [1.165, 1.54) is 0 Å². The molecule has 1 amide bonds.